The Bertz CT molecular complexity index is 874. The summed E-state index contributed by atoms with van der Waals surface area (Å²) in [5.41, 5.74) is 3.36. The summed E-state index contributed by atoms with van der Waals surface area (Å²) in [6, 6.07) is 14.9. The van der Waals surface area contributed by atoms with Crippen LogP contribution in [0.5, 0.6) is 0 Å². The van der Waals surface area contributed by atoms with E-state index in [2.05, 4.69) is 17.4 Å². The summed E-state index contributed by atoms with van der Waals surface area (Å²) in [5, 5.41) is 3.72. The molecule has 2 aromatic carbocycles. The van der Waals surface area contributed by atoms with E-state index in [1.54, 1.807) is 24.3 Å². The molecule has 0 aromatic heterocycles. The average molecular weight is 353 g/mol. The van der Waals surface area contributed by atoms with Crippen LogP contribution < -0.4 is 5.32 Å². The lowest BCUT2D eigenvalue weighted by Gasteiger charge is -2.41. The van der Waals surface area contributed by atoms with Crippen LogP contribution in [0, 0.1) is 0 Å². The predicted octanol–water partition coefficient (Wildman–Crippen LogP) is 3.14. The molecule has 0 unspecified atom stereocenters. The van der Waals surface area contributed by atoms with E-state index in [0.717, 1.165) is 6.42 Å². The topological polar surface area (TPSA) is 49.4 Å². The van der Waals surface area contributed by atoms with Crippen molar-refractivity contribution in [2.24, 2.45) is 0 Å². The van der Waals surface area contributed by atoms with Crippen LogP contribution in [0.15, 0.2) is 60.3 Å². The van der Waals surface area contributed by atoms with Crippen molar-refractivity contribution >= 4 is 23.3 Å². The molecule has 0 aliphatic carbocycles. The molecule has 1 atom stereocenters. The zero-order valence-electron chi connectivity index (χ0n) is 13.5. The fraction of sp³-hybridized carbons (Fsp3) is 0.200. The number of nitrogens with one attached hydrogen (secondary N) is 1. The molecule has 2 aliphatic rings. The number of ketones is 1. The summed E-state index contributed by atoms with van der Waals surface area (Å²) in [7, 11) is 0. The lowest BCUT2D eigenvalue weighted by molar-refractivity contribution is -0.132. The summed E-state index contributed by atoms with van der Waals surface area (Å²) >= 11 is 5.85. The van der Waals surface area contributed by atoms with Crippen LogP contribution >= 0.6 is 11.6 Å². The first-order valence-corrected chi connectivity index (χ1v) is 8.65. The van der Waals surface area contributed by atoms with Gasteiger partial charge in [0.2, 0.25) is 0 Å². The summed E-state index contributed by atoms with van der Waals surface area (Å²) in [4.78, 5) is 27.1. The summed E-state index contributed by atoms with van der Waals surface area (Å²) in [5.74, 6) is -0.323. The molecule has 1 fully saturated rings. The number of amides is 1. The molecule has 0 spiro atoms. The molecule has 4 rings (SSSR count). The van der Waals surface area contributed by atoms with Crippen molar-refractivity contribution < 1.29 is 9.59 Å². The number of hydrogen-bond acceptors (Lipinski definition) is 3. The van der Waals surface area contributed by atoms with E-state index in [1.165, 1.54) is 17.2 Å². The van der Waals surface area contributed by atoms with Crippen LogP contribution in [-0.2, 0) is 11.2 Å². The molecule has 126 valence electrons. The SMILES string of the molecule is O=C(/C=C1/NC[C@H]2c3ccccc3CCN2C1=O)c1ccc(Cl)cc1. The molecule has 0 radical (unpaired) electrons. The van der Waals surface area contributed by atoms with Crippen molar-refractivity contribution in [1.29, 1.82) is 0 Å². The van der Waals surface area contributed by atoms with Gasteiger partial charge in [-0.15, -0.1) is 0 Å². The maximum absolute atomic E-state index is 12.8. The number of nitrogens with zero attached hydrogens (tertiary/aromatic N) is 1. The Labute approximate surface area is 151 Å². The minimum atomic E-state index is -0.205. The fourth-order valence-electron chi connectivity index (χ4n) is 3.49. The predicted molar refractivity (Wildman–Crippen MR) is 96.5 cm³/mol. The van der Waals surface area contributed by atoms with Crippen LogP contribution in [0.2, 0.25) is 5.02 Å². The first-order chi connectivity index (χ1) is 12.1. The number of halogens is 1. The minimum Gasteiger partial charge on any atom is -0.378 e. The van der Waals surface area contributed by atoms with Gasteiger partial charge in [0.05, 0.1) is 6.04 Å². The Morgan fingerprint density at radius 3 is 2.72 bits per heavy atom. The Morgan fingerprint density at radius 1 is 1.16 bits per heavy atom. The normalized spacial score (nSPS) is 20.7. The molecule has 0 saturated carbocycles. The van der Waals surface area contributed by atoms with Gasteiger partial charge in [-0.05, 0) is 41.8 Å². The Balaban J connectivity index is 1.58. The third-order valence-electron chi connectivity index (χ3n) is 4.79. The standard InChI is InChI=1S/C20H17ClN2O2/c21-15-7-5-14(6-8-15)19(24)11-17-20(25)23-10-9-13-3-1-2-4-16(13)18(23)12-22-17/h1-8,11,18,22H,9-10,12H2/b17-11+/t18-/m0/s1. The van der Waals surface area contributed by atoms with E-state index in [4.69, 9.17) is 11.6 Å². The second-order valence-electron chi connectivity index (χ2n) is 6.27. The first kappa shape index (κ1) is 15.9. The fourth-order valence-corrected chi connectivity index (χ4v) is 3.62. The van der Waals surface area contributed by atoms with Crippen molar-refractivity contribution in [1.82, 2.24) is 10.2 Å². The molecule has 25 heavy (non-hydrogen) atoms. The zero-order valence-corrected chi connectivity index (χ0v) is 14.3. The molecule has 4 nitrogen and oxygen atoms in total. The smallest absolute Gasteiger partial charge is 0.270 e. The largest absolute Gasteiger partial charge is 0.378 e. The second-order valence-corrected chi connectivity index (χ2v) is 6.71. The van der Waals surface area contributed by atoms with Gasteiger partial charge in [-0.25, -0.2) is 0 Å². The van der Waals surface area contributed by atoms with Crippen LogP contribution in [0.4, 0.5) is 0 Å². The van der Waals surface area contributed by atoms with Crippen molar-refractivity contribution in [3.8, 4) is 0 Å². The number of carbonyl (C=O) groups excluding carboxylic acids is 2. The third kappa shape index (κ3) is 2.94. The van der Waals surface area contributed by atoms with Crippen LogP contribution in [-0.4, -0.2) is 29.7 Å². The van der Waals surface area contributed by atoms with Crippen molar-refractivity contribution in [2.45, 2.75) is 12.5 Å². The van der Waals surface area contributed by atoms with Crippen molar-refractivity contribution in [3.63, 3.8) is 0 Å². The van der Waals surface area contributed by atoms with Gasteiger partial charge in [0.25, 0.3) is 5.91 Å². The number of benzene rings is 2. The Morgan fingerprint density at radius 2 is 1.92 bits per heavy atom. The molecule has 2 aliphatic heterocycles. The van der Waals surface area contributed by atoms with E-state index in [0.29, 0.717) is 29.4 Å². The van der Waals surface area contributed by atoms with Gasteiger partial charge in [-0.3, -0.25) is 9.59 Å². The second kappa shape index (κ2) is 6.37. The maximum atomic E-state index is 12.8. The molecule has 0 bridgehead atoms. The average Bonchev–Trinajstić information content (AvgIpc) is 2.64. The Hall–Kier alpha value is -2.59. The first-order valence-electron chi connectivity index (χ1n) is 8.28. The lowest BCUT2D eigenvalue weighted by Crippen LogP contribution is -2.51. The van der Waals surface area contributed by atoms with E-state index in [-0.39, 0.29) is 17.7 Å². The lowest BCUT2D eigenvalue weighted by atomic mass is 9.90. The van der Waals surface area contributed by atoms with Crippen LogP contribution in [0.3, 0.4) is 0 Å². The molecular formula is C20H17ClN2O2. The van der Waals surface area contributed by atoms with Gasteiger partial charge in [0.15, 0.2) is 5.78 Å². The number of carbonyl (C=O) groups is 2. The molecule has 2 heterocycles. The van der Waals surface area contributed by atoms with Crippen LogP contribution in [0.25, 0.3) is 0 Å². The maximum Gasteiger partial charge on any atom is 0.270 e. The van der Waals surface area contributed by atoms with E-state index < -0.39 is 0 Å². The van der Waals surface area contributed by atoms with E-state index in [1.807, 2.05) is 17.0 Å². The number of hydrogen-bond donors (Lipinski definition) is 1. The summed E-state index contributed by atoms with van der Waals surface area (Å²) < 4.78 is 0. The van der Waals surface area contributed by atoms with Gasteiger partial charge in [-0.1, -0.05) is 35.9 Å². The van der Waals surface area contributed by atoms with Gasteiger partial charge >= 0.3 is 0 Å². The quantitative estimate of drug-likeness (QED) is 0.667. The number of fused-ring (bicyclic) bond motifs is 3. The highest BCUT2D eigenvalue weighted by atomic mass is 35.5. The summed E-state index contributed by atoms with van der Waals surface area (Å²) in [6.45, 7) is 1.29. The third-order valence-corrected chi connectivity index (χ3v) is 5.05. The number of rotatable bonds is 2. The number of allylic oxidation sites excluding steroid dienone is 1. The Kier molecular flexibility index (Phi) is 4.06. The molecule has 5 heteroatoms. The van der Waals surface area contributed by atoms with Gasteiger partial charge in [0, 0.05) is 29.8 Å². The molecule has 2 aromatic rings. The van der Waals surface area contributed by atoms with Crippen LogP contribution in [0.1, 0.15) is 27.5 Å². The highest BCUT2D eigenvalue weighted by Gasteiger charge is 2.36. The van der Waals surface area contributed by atoms with Gasteiger partial charge in [-0.2, -0.15) is 0 Å². The molecular weight excluding hydrogens is 336 g/mol. The highest BCUT2D eigenvalue weighted by Crippen LogP contribution is 2.32. The molecule has 1 N–H and O–H groups in total. The van der Waals surface area contributed by atoms with Gasteiger partial charge in [0.1, 0.15) is 5.70 Å². The molecule has 1 saturated heterocycles. The monoisotopic (exact) mass is 352 g/mol. The van der Waals surface area contributed by atoms with Crippen molar-refractivity contribution in [2.75, 3.05) is 13.1 Å². The zero-order chi connectivity index (χ0) is 17.4. The highest BCUT2D eigenvalue weighted by molar-refractivity contribution is 6.30. The summed E-state index contributed by atoms with van der Waals surface area (Å²) in [6.07, 6.45) is 2.24. The van der Waals surface area contributed by atoms with E-state index in [9.17, 15) is 9.59 Å². The molecule has 1 amide bonds. The van der Waals surface area contributed by atoms with E-state index >= 15 is 0 Å². The number of piperazine rings is 1. The van der Waals surface area contributed by atoms with Crippen molar-refractivity contribution in [3.05, 3.63) is 82.0 Å². The minimum absolute atomic E-state index is 0.0280. The van der Waals surface area contributed by atoms with Gasteiger partial charge < -0.3 is 10.2 Å².